The van der Waals surface area contributed by atoms with Gasteiger partial charge in [0.2, 0.25) is 11.8 Å². The maximum Gasteiger partial charge on any atom is 0.250 e. The van der Waals surface area contributed by atoms with Crippen molar-refractivity contribution in [1.29, 1.82) is 0 Å². The zero-order chi connectivity index (χ0) is 18.7. The van der Waals surface area contributed by atoms with Crippen molar-refractivity contribution in [3.8, 4) is 5.75 Å². The maximum absolute atomic E-state index is 11.4. The summed E-state index contributed by atoms with van der Waals surface area (Å²) in [6.45, 7) is 9.38. The lowest BCUT2D eigenvalue weighted by Crippen LogP contribution is -2.28. The van der Waals surface area contributed by atoms with Gasteiger partial charge in [0.05, 0.1) is 0 Å². The lowest BCUT2D eigenvalue weighted by molar-refractivity contribution is -0.114. The molecule has 0 fully saturated rings. The quantitative estimate of drug-likeness (QED) is 0.644. The molecular formula is C20H22N2O3. The summed E-state index contributed by atoms with van der Waals surface area (Å²) in [5.41, 5.74) is 1.55. The minimum Gasteiger partial charge on any atom is -0.508 e. The van der Waals surface area contributed by atoms with Crippen LogP contribution in [0.2, 0.25) is 0 Å². The Labute approximate surface area is 147 Å². The van der Waals surface area contributed by atoms with Gasteiger partial charge in [-0.2, -0.15) is 0 Å². The van der Waals surface area contributed by atoms with Crippen LogP contribution in [-0.2, 0) is 9.59 Å². The number of carbonyl (C=O) groups excluding carboxylic acids is 2. The van der Waals surface area contributed by atoms with Crippen LogP contribution in [0.25, 0.3) is 0 Å². The van der Waals surface area contributed by atoms with Gasteiger partial charge in [0.25, 0.3) is 0 Å². The standard InChI is InChI=1S/C11H13NO.C9H9NO2/c1-3-11(13)12(4-2)10-8-6-5-7-9-10;1-2-9(12)10-7-3-5-8(11)6-4-7/h3,5-9H,1,4H2,2H3;2-6,11H,1H2,(H,10,12). The Hall–Kier alpha value is -3.34. The largest absolute Gasteiger partial charge is 0.508 e. The molecule has 0 aliphatic carbocycles. The average molecular weight is 338 g/mol. The lowest BCUT2D eigenvalue weighted by Gasteiger charge is -2.18. The van der Waals surface area contributed by atoms with Crippen molar-refractivity contribution in [1.82, 2.24) is 0 Å². The normalized spacial score (nSPS) is 9.16. The molecule has 5 heteroatoms. The topological polar surface area (TPSA) is 69.6 Å². The highest BCUT2D eigenvalue weighted by Gasteiger charge is 2.08. The van der Waals surface area contributed by atoms with Gasteiger partial charge in [-0.05, 0) is 55.5 Å². The molecule has 5 nitrogen and oxygen atoms in total. The van der Waals surface area contributed by atoms with Crippen molar-refractivity contribution >= 4 is 23.2 Å². The van der Waals surface area contributed by atoms with Crippen molar-refractivity contribution in [2.24, 2.45) is 0 Å². The van der Waals surface area contributed by atoms with Gasteiger partial charge in [-0.3, -0.25) is 9.59 Å². The van der Waals surface area contributed by atoms with E-state index in [0.29, 0.717) is 12.2 Å². The van der Waals surface area contributed by atoms with Crippen LogP contribution in [0.1, 0.15) is 6.92 Å². The molecule has 0 radical (unpaired) electrons. The smallest absolute Gasteiger partial charge is 0.250 e. The van der Waals surface area contributed by atoms with E-state index in [1.54, 1.807) is 17.0 Å². The summed E-state index contributed by atoms with van der Waals surface area (Å²) in [4.78, 5) is 23.8. The third-order valence-electron chi connectivity index (χ3n) is 3.14. The van der Waals surface area contributed by atoms with Crippen molar-refractivity contribution in [3.05, 3.63) is 79.9 Å². The van der Waals surface area contributed by atoms with Crippen molar-refractivity contribution < 1.29 is 14.7 Å². The number of rotatable bonds is 5. The Kier molecular flexibility index (Phi) is 8.23. The Morgan fingerprint density at radius 3 is 2.12 bits per heavy atom. The number of aromatic hydroxyl groups is 1. The van der Waals surface area contributed by atoms with E-state index in [4.69, 9.17) is 5.11 Å². The van der Waals surface area contributed by atoms with E-state index >= 15 is 0 Å². The monoisotopic (exact) mass is 338 g/mol. The number of hydrogen-bond acceptors (Lipinski definition) is 3. The van der Waals surface area contributed by atoms with E-state index in [9.17, 15) is 9.59 Å². The zero-order valence-electron chi connectivity index (χ0n) is 14.2. The summed E-state index contributed by atoms with van der Waals surface area (Å²) in [7, 11) is 0. The number of nitrogens with one attached hydrogen (secondary N) is 1. The predicted octanol–water partition coefficient (Wildman–Crippen LogP) is 3.74. The van der Waals surface area contributed by atoms with Gasteiger partial charge >= 0.3 is 0 Å². The number of nitrogens with zero attached hydrogens (tertiary/aromatic N) is 1. The first-order chi connectivity index (χ1) is 12.0. The van der Waals surface area contributed by atoms with E-state index < -0.39 is 0 Å². The second kappa shape index (κ2) is 10.4. The van der Waals surface area contributed by atoms with Crippen LogP contribution >= 0.6 is 0 Å². The summed E-state index contributed by atoms with van der Waals surface area (Å²) in [5.74, 6) is -0.152. The number of likely N-dealkylation sites (N-methyl/N-ethyl adjacent to an activating group) is 1. The highest BCUT2D eigenvalue weighted by Crippen LogP contribution is 2.13. The van der Waals surface area contributed by atoms with Crippen molar-refractivity contribution in [2.45, 2.75) is 6.92 Å². The average Bonchev–Trinajstić information content (AvgIpc) is 2.65. The molecule has 0 unspecified atom stereocenters. The minimum absolute atomic E-state index is 0.0614. The van der Waals surface area contributed by atoms with Crippen molar-refractivity contribution in [2.75, 3.05) is 16.8 Å². The molecule has 2 aromatic rings. The van der Waals surface area contributed by atoms with Crippen LogP contribution < -0.4 is 10.2 Å². The zero-order valence-corrected chi connectivity index (χ0v) is 14.2. The molecule has 2 amide bonds. The molecule has 0 saturated carbocycles. The van der Waals surface area contributed by atoms with E-state index in [2.05, 4.69) is 18.5 Å². The fourth-order valence-electron chi connectivity index (χ4n) is 1.92. The number of phenols is 1. The van der Waals surface area contributed by atoms with Crippen molar-refractivity contribution in [3.63, 3.8) is 0 Å². The van der Waals surface area contributed by atoms with Gasteiger partial charge in [0.1, 0.15) is 5.75 Å². The van der Waals surface area contributed by atoms with Crippen LogP contribution in [0, 0.1) is 0 Å². The first kappa shape index (κ1) is 19.7. The van der Waals surface area contributed by atoms with Gasteiger partial charge in [-0.1, -0.05) is 31.4 Å². The van der Waals surface area contributed by atoms with E-state index in [0.717, 1.165) is 5.69 Å². The van der Waals surface area contributed by atoms with Gasteiger partial charge in [0, 0.05) is 17.9 Å². The highest BCUT2D eigenvalue weighted by atomic mass is 16.3. The predicted molar refractivity (Wildman–Crippen MR) is 102 cm³/mol. The Morgan fingerprint density at radius 2 is 1.64 bits per heavy atom. The van der Waals surface area contributed by atoms with Crippen LogP contribution in [0.5, 0.6) is 5.75 Å². The molecule has 0 bridgehead atoms. The number of anilines is 2. The van der Waals surface area contributed by atoms with E-state index in [1.807, 2.05) is 37.3 Å². The van der Waals surface area contributed by atoms with Crippen LogP contribution in [-0.4, -0.2) is 23.5 Å². The summed E-state index contributed by atoms with van der Waals surface area (Å²) in [6, 6.07) is 15.8. The van der Waals surface area contributed by atoms with E-state index in [-0.39, 0.29) is 17.6 Å². The van der Waals surface area contributed by atoms with Crippen LogP contribution in [0.15, 0.2) is 79.9 Å². The second-order valence-electron chi connectivity index (χ2n) is 4.86. The summed E-state index contributed by atoms with van der Waals surface area (Å²) in [6.07, 6.45) is 2.52. The molecule has 0 saturated heterocycles. The van der Waals surface area contributed by atoms with Gasteiger partial charge < -0.3 is 15.3 Å². The molecule has 0 heterocycles. The molecular weight excluding hydrogens is 316 g/mol. The molecule has 25 heavy (non-hydrogen) atoms. The molecule has 0 aliphatic rings. The van der Waals surface area contributed by atoms with Gasteiger partial charge in [-0.25, -0.2) is 0 Å². The minimum atomic E-state index is -0.263. The molecule has 0 spiro atoms. The molecule has 130 valence electrons. The number of hydrogen-bond donors (Lipinski definition) is 2. The van der Waals surface area contributed by atoms with E-state index in [1.165, 1.54) is 24.3 Å². The number of para-hydroxylation sites is 1. The van der Waals surface area contributed by atoms with Gasteiger partial charge in [-0.15, -0.1) is 0 Å². The maximum atomic E-state index is 11.4. The first-order valence-corrected chi connectivity index (χ1v) is 7.73. The molecule has 0 aliphatic heterocycles. The number of amides is 2. The SMILES string of the molecule is C=CC(=O)N(CC)c1ccccc1.C=CC(=O)Nc1ccc(O)cc1. The number of phenolic OH excluding ortho intramolecular Hbond substituents is 1. The molecule has 2 N–H and O–H groups in total. The molecule has 2 aromatic carbocycles. The second-order valence-corrected chi connectivity index (χ2v) is 4.86. The molecule has 2 rings (SSSR count). The number of carbonyl (C=O) groups is 2. The van der Waals surface area contributed by atoms with Crippen LogP contribution in [0.4, 0.5) is 11.4 Å². The Morgan fingerprint density at radius 1 is 1.04 bits per heavy atom. The Bertz CT molecular complexity index is 709. The third-order valence-corrected chi connectivity index (χ3v) is 3.14. The summed E-state index contributed by atoms with van der Waals surface area (Å²) < 4.78 is 0. The third kappa shape index (κ3) is 6.74. The first-order valence-electron chi connectivity index (χ1n) is 7.73. The molecule has 0 aromatic heterocycles. The van der Waals surface area contributed by atoms with Crippen LogP contribution in [0.3, 0.4) is 0 Å². The molecule has 0 atom stereocenters. The fourth-order valence-corrected chi connectivity index (χ4v) is 1.92. The summed E-state index contributed by atoms with van der Waals surface area (Å²) in [5, 5.41) is 11.5. The summed E-state index contributed by atoms with van der Waals surface area (Å²) >= 11 is 0. The Balaban J connectivity index is 0.000000251. The number of benzene rings is 2. The van der Waals surface area contributed by atoms with Gasteiger partial charge in [0.15, 0.2) is 0 Å². The lowest BCUT2D eigenvalue weighted by atomic mass is 10.3. The highest BCUT2D eigenvalue weighted by molar-refractivity contribution is 6.01. The fraction of sp³-hybridized carbons (Fsp3) is 0.100.